The van der Waals surface area contributed by atoms with Crippen molar-refractivity contribution < 1.29 is 14.3 Å². The summed E-state index contributed by atoms with van der Waals surface area (Å²) in [6, 6.07) is 0. The number of carbonyl (C=O) groups excluding carboxylic acids is 1. The van der Waals surface area contributed by atoms with E-state index in [4.69, 9.17) is 9.47 Å². The van der Waals surface area contributed by atoms with Crippen LogP contribution < -0.4 is 0 Å². The average molecular weight is 431 g/mol. The number of hydrogen-bond acceptors (Lipinski definition) is 3. The summed E-state index contributed by atoms with van der Waals surface area (Å²) in [7, 11) is 0. The van der Waals surface area contributed by atoms with Crippen LogP contribution in [0.3, 0.4) is 0 Å². The lowest BCUT2D eigenvalue weighted by atomic mass is 9.81. The fourth-order valence-corrected chi connectivity index (χ4v) is 4.78. The molecule has 2 aliphatic heterocycles. The van der Waals surface area contributed by atoms with Crippen molar-refractivity contribution in [3.05, 3.63) is 36.0 Å². The molecule has 0 amide bonds. The van der Waals surface area contributed by atoms with E-state index in [1.807, 2.05) is 0 Å². The maximum Gasteiger partial charge on any atom is 0.306 e. The van der Waals surface area contributed by atoms with Crippen LogP contribution in [-0.4, -0.2) is 24.3 Å². The van der Waals surface area contributed by atoms with Crippen LogP contribution in [0, 0.1) is 17.3 Å². The van der Waals surface area contributed by atoms with Gasteiger partial charge in [-0.05, 0) is 56.4 Å². The number of rotatable bonds is 8. The van der Waals surface area contributed by atoms with Crippen LogP contribution in [0.1, 0.15) is 99.3 Å². The molecule has 31 heavy (non-hydrogen) atoms. The van der Waals surface area contributed by atoms with Crippen molar-refractivity contribution in [1.29, 1.82) is 0 Å². The van der Waals surface area contributed by atoms with Crippen molar-refractivity contribution in [1.82, 2.24) is 0 Å². The predicted octanol–water partition coefficient (Wildman–Crippen LogP) is 7.57. The molecule has 0 radical (unpaired) electrons. The first kappa shape index (κ1) is 25.9. The van der Waals surface area contributed by atoms with Gasteiger partial charge in [-0.25, -0.2) is 0 Å². The Morgan fingerprint density at radius 3 is 2.71 bits per heavy atom. The minimum atomic E-state index is -0.235. The van der Waals surface area contributed by atoms with E-state index in [1.54, 1.807) is 0 Å². The first-order valence-corrected chi connectivity index (χ1v) is 12.6. The largest absolute Gasteiger partial charge is 0.457 e. The Labute approximate surface area is 191 Å². The Bertz CT molecular complexity index is 643. The minimum Gasteiger partial charge on any atom is -0.457 e. The molecule has 5 unspecified atom stereocenters. The quantitative estimate of drug-likeness (QED) is 0.172. The SMILES string of the molecule is CCCC(C)C1OC1CC(C)/C=C/C=C(\C)C1OC(=O)CCCCCC/C=C/C1(C)C. The normalized spacial score (nSPS) is 30.7. The third kappa shape index (κ3) is 8.96. The summed E-state index contributed by atoms with van der Waals surface area (Å²) in [5.41, 5.74) is 0.875. The van der Waals surface area contributed by atoms with Crippen LogP contribution >= 0.6 is 0 Å². The smallest absolute Gasteiger partial charge is 0.306 e. The van der Waals surface area contributed by atoms with Crippen molar-refractivity contribution in [3.63, 3.8) is 0 Å². The first-order valence-electron chi connectivity index (χ1n) is 12.6. The van der Waals surface area contributed by atoms with Crippen molar-refractivity contribution >= 4 is 5.97 Å². The van der Waals surface area contributed by atoms with Gasteiger partial charge < -0.3 is 9.47 Å². The maximum absolute atomic E-state index is 12.4. The summed E-state index contributed by atoms with van der Waals surface area (Å²) in [4.78, 5) is 12.4. The van der Waals surface area contributed by atoms with Gasteiger partial charge in [0.25, 0.3) is 0 Å². The van der Waals surface area contributed by atoms with Gasteiger partial charge in [-0.3, -0.25) is 4.79 Å². The zero-order chi connectivity index (χ0) is 22.9. The Kier molecular flexibility index (Phi) is 10.6. The van der Waals surface area contributed by atoms with Crippen molar-refractivity contribution in [2.24, 2.45) is 17.3 Å². The van der Waals surface area contributed by atoms with E-state index >= 15 is 0 Å². The van der Waals surface area contributed by atoms with E-state index in [0.29, 0.717) is 30.5 Å². The number of epoxide rings is 1. The van der Waals surface area contributed by atoms with Crippen molar-refractivity contribution in [3.8, 4) is 0 Å². The molecular weight excluding hydrogens is 384 g/mol. The summed E-state index contributed by atoms with van der Waals surface area (Å²) >= 11 is 0. The molecule has 0 aliphatic carbocycles. The molecule has 2 aliphatic rings. The van der Waals surface area contributed by atoms with Crippen LogP contribution in [0.4, 0.5) is 0 Å². The van der Waals surface area contributed by atoms with E-state index in [1.165, 1.54) is 25.7 Å². The zero-order valence-corrected chi connectivity index (χ0v) is 20.9. The second kappa shape index (κ2) is 12.6. The van der Waals surface area contributed by atoms with Gasteiger partial charge in [-0.15, -0.1) is 0 Å². The van der Waals surface area contributed by atoms with Crippen LogP contribution in [-0.2, 0) is 14.3 Å². The van der Waals surface area contributed by atoms with Gasteiger partial charge >= 0.3 is 5.97 Å². The topological polar surface area (TPSA) is 38.8 Å². The number of ether oxygens (including phenoxy) is 2. The molecule has 0 N–H and O–H groups in total. The van der Waals surface area contributed by atoms with Gasteiger partial charge in [0.05, 0.1) is 12.2 Å². The highest BCUT2D eigenvalue weighted by molar-refractivity contribution is 5.70. The summed E-state index contributed by atoms with van der Waals surface area (Å²) in [6.45, 7) is 13.2. The maximum atomic E-state index is 12.4. The molecule has 1 saturated heterocycles. The second-order valence-electron chi connectivity index (χ2n) is 10.5. The molecule has 5 atom stereocenters. The lowest BCUT2D eigenvalue weighted by molar-refractivity contribution is -0.151. The molecule has 0 spiro atoms. The zero-order valence-electron chi connectivity index (χ0n) is 20.9. The Balaban J connectivity index is 1.97. The highest BCUT2D eigenvalue weighted by atomic mass is 16.6. The predicted molar refractivity (Wildman–Crippen MR) is 130 cm³/mol. The van der Waals surface area contributed by atoms with Crippen LogP contribution in [0.15, 0.2) is 36.0 Å². The molecule has 176 valence electrons. The number of carbonyl (C=O) groups is 1. The monoisotopic (exact) mass is 430 g/mol. The highest BCUT2D eigenvalue weighted by Crippen LogP contribution is 2.36. The number of cyclic esters (lactones) is 1. The van der Waals surface area contributed by atoms with E-state index in [2.05, 4.69) is 71.9 Å². The fraction of sp³-hybridized carbons (Fsp3) is 0.750. The summed E-state index contributed by atoms with van der Waals surface area (Å²) in [6.07, 6.45) is 21.3. The molecule has 0 bridgehead atoms. The Morgan fingerprint density at radius 2 is 1.97 bits per heavy atom. The van der Waals surface area contributed by atoms with E-state index in [9.17, 15) is 4.79 Å². The standard InChI is InChI=1S/C28H46O3/c1-7-15-22(3)26-24(30-26)20-21(2)16-14-17-23(4)27-28(5,6)19-13-11-9-8-10-12-18-25(29)31-27/h13-14,16-17,19,21-22,24,26-27H,7-12,15,18,20H2,1-6H3/b16-14+,19-13+,23-17+. The number of allylic oxidation sites excluding steroid dienone is 4. The van der Waals surface area contributed by atoms with E-state index in [0.717, 1.165) is 31.3 Å². The fourth-order valence-electron chi connectivity index (χ4n) is 4.78. The third-order valence-electron chi connectivity index (χ3n) is 6.72. The lowest BCUT2D eigenvalue weighted by Gasteiger charge is -2.32. The van der Waals surface area contributed by atoms with Gasteiger partial charge in [0, 0.05) is 11.8 Å². The molecule has 2 heterocycles. The van der Waals surface area contributed by atoms with E-state index < -0.39 is 0 Å². The molecule has 0 aromatic carbocycles. The average Bonchev–Trinajstić information content (AvgIpc) is 3.46. The van der Waals surface area contributed by atoms with Gasteiger partial charge in [0.1, 0.15) is 6.10 Å². The molecule has 2 rings (SSSR count). The number of esters is 1. The molecular formula is C28H46O3. The van der Waals surface area contributed by atoms with Gasteiger partial charge in [0.15, 0.2) is 0 Å². The number of hydrogen-bond donors (Lipinski definition) is 0. The molecule has 1 fully saturated rings. The summed E-state index contributed by atoms with van der Waals surface area (Å²) in [5, 5.41) is 0. The lowest BCUT2D eigenvalue weighted by Crippen LogP contribution is -2.33. The van der Waals surface area contributed by atoms with Crippen LogP contribution in [0.5, 0.6) is 0 Å². The van der Waals surface area contributed by atoms with Crippen LogP contribution in [0.2, 0.25) is 0 Å². The second-order valence-corrected chi connectivity index (χ2v) is 10.5. The molecule has 0 aromatic heterocycles. The molecule has 0 aromatic rings. The van der Waals surface area contributed by atoms with Crippen molar-refractivity contribution in [2.45, 2.75) is 118 Å². The van der Waals surface area contributed by atoms with Gasteiger partial charge in [-0.1, -0.05) is 84.3 Å². The Hall–Kier alpha value is -1.35. The van der Waals surface area contributed by atoms with Crippen LogP contribution in [0.25, 0.3) is 0 Å². The summed E-state index contributed by atoms with van der Waals surface area (Å²) in [5.74, 6) is 1.06. The minimum absolute atomic E-state index is 0.0738. The third-order valence-corrected chi connectivity index (χ3v) is 6.72. The van der Waals surface area contributed by atoms with Crippen molar-refractivity contribution in [2.75, 3.05) is 0 Å². The first-order chi connectivity index (χ1) is 14.7. The molecule has 3 heteroatoms. The molecule has 0 saturated carbocycles. The van der Waals surface area contributed by atoms with Gasteiger partial charge in [-0.2, -0.15) is 0 Å². The van der Waals surface area contributed by atoms with Gasteiger partial charge in [0.2, 0.25) is 0 Å². The van der Waals surface area contributed by atoms with E-state index in [-0.39, 0.29) is 17.5 Å². The summed E-state index contributed by atoms with van der Waals surface area (Å²) < 4.78 is 11.9. The highest BCUT2D eigenvalue weighted by Gasteiger charge is 2.42. The Morgan fingerprint density at radius 1 is 1.23 bits per heavy atom. The molecule has 3 nitrogen and oxygen atoms in total.